The molecule has 0 radical (unpaired) electrons. The fraction of sp³-hybridized carbons (Fsp3) is 0.474. The molecule has 24 heavy (non-hydrogen) atoms. The van der Waals surface area contributed by atoms with Crippen LogP contribution in [0.5, 0.6) is 0 Å². The van der Waals surface area contributed by atoms with Gasteiger partial charge in [0.25, 0.3) is 5.91 Å². The summed E-state index contributed by atoms with van der Waals surface area (Å²) in [6.45, 7) is 5.74. The van der Waals surface area contributed by atoms with Gasteiger partial charge in [0.2, 0.25) is 0 Å². The minimum Gasteiger partial charge on any atom is -0.335 e. The van der Waals surface area contributed by atoms with Crippen LogP contribution in [0.2, 0.25) is 5.02 Å². The number of nitrogens with zero attached hydrogens (tertiary/aromatic N) is 3. The highest BCUT2D eigenvalue weighted by Gasteiger charge is 2.31. The highest BCUT2D eigenvalue weighted by atomic mass is 35.5. The maximum absolute atomic E-state index is 12.7. The van der Waals surface area contributed by atoms with Crippen molar-refractivity contribution in [1.29, 1.82) is 0 Å². The molecule has 1 aliphatic heterocycles. The summed E-state index contributed by atoms with van der Waals surface area (Å²) in [6, 6.07) is 9.79. The number of halogens is 1. The van der Waals surface area contributed by atoms with E-state index in [1.807, 2.05) is 46.8 Å². The van der Waals surface area contributed by atoms with Crippen molar-refractivity contribution >= 4 is 17.5 Å². The lowest BCUT2D eigenvalue weighted by Crippen LogP contribution is -2.43. The van der Waals surface area contributed by atoms with Gasteiger partial charge in [0.15, 0.2) is 0 Å². The summed E-state index contributed by atoms with van der Waals surface area (Å²) in [4.78, 5) is 14.6. The average molecular weight is 346 g/mol. The molecule has 4 nitrogen and oxygen atoms in total. The number of amides is 1. The second kappa shape index (κ2) is 7.39. The molecule has 2 aromatic rings. The summed E-state index contributed by atoms with van der Waals surface area (Å²) in [5.41, 5.74) is 2.53. The van der Waals surface area contributed by atoms with Crippen LogP contribution >= 0.6 is 11.6 Å². The van der Waals surface area contributed by atoms with E-state index in [0.29, 0.717) is 10.7 Å². The largest absolute Gasteiger partial charge is 0.335 e. The SMILES string of the molecule is CCCCCC1CN(CC)C(=O)c2cc(-c3ccc(Cl)cc3)nn21. The maximum Gasteiger partial charge on any atom is 0.272 e. The third-order valence-electron chi connectivity index (χ3n) is 4.68. The number of likely N-dealkylation sites (N-methyl/N-ethyl adjacent to an activating group) is 1. The van der Waals surface area contributed by atoms with Crippen molar-refractivity contribution in [3.63, 3.8) is 0 Å². The molecule has 1 aromatic heterocycles. The van der Waals surface area contributed by atoms with Crippen molar-refractivity contribution in [2.45, 2.75) is 45.6 Å². The van der Waals surface area contributed by atoms with Gasteiger partial charge in [-0.25, -0.2) is 0 Å². The molecule has 3 rings (SSSR count). The van der Waals surface area contributed by atoms with Crippen molar-refractivity contribution in [2.24, 2.45) is 0 Å². The normalized spacial score (nSPS) is 17.2. The van der Waals surface area contributed by atoms with Crippen LogP contribution in [0.1, 0.15) is 56.1 Å². The first-order valence-electron chi connectivity index (χ1n) is 8.78. The van der Waals surface area contributed by atoms with Gasteiger partial charge in [0.05, 0.1) is 11.7 Å². The average Bonchev–Trinajstić information content (AvgIpc) is 3.04. The van der Waals surface area contributed by atoms with Gasteiger partial charge in [0, 0.05) is 23.7 Å². The molecule has 0 saturated carbocycles. The Hall–Kier alpha value is -1.81. The summed E-state index contributed by atoms with van der Waals surface area (Å²) in [6.07, 6.45) is 4.65. The van der Waals surface area contributed by atoms with E-state index in [2.05, 4.69) is 6.92 Å². The Balaban J connectivity index is 1.93. The maximum atomic E-state index is 12.7. The molecule has 1 unspecified atom stereocenters. The second-order valence-corrected chi connectivity index (χ2v) is 6.80. The second-order valence-electron chi connectivity index (χ2n) is 6.36. The number of unbranched alkanes of at least 4 members (excludes halogenated alkanes) is 2. The lowest BCUT2D eigenvalue weighted by molar-refractivity contribution is 0.0662. The summed E-state index contributed by atoms with van der Waals surface area (Å²) in [5, 5.41) is 5.46. The number of hydrogen-bond acceptors (Lipinski definition) is 2. The van der Waals surface area contributed by atoms with E-state index in [1.165, 1.54) is 19.3 Å². The molecule has 1 aliphatic rings. The van der Waals surface area contributed by atoms with Crippen molar-refractivity contribution in [3.8, 4) is 11.3 Å². The Morgan fingerprint density at radius 1 is 1.21 bits per heavy atom. The molecule has 0 N–H and O–H groups in total. The van der Waals surface area contributed by atoms with E-state index in [1.54, 1.807) is 0 Å². The summed E-state index contributed by atoms with van der Waals surface area (Å²) >= 11 is 5.97. The number of fused-ring (bicyclic) bond motifs is 1. The molecule has 0 aliphatic carbocycles. The van der Waals surface area contributed by atoms with E-state index >= 15 is 0 Å². The predicted octanol–water partition coefficient (Wildman–Crippen LogP) is 4.80. The first-order valence-corrected chi connectivity index (χ1v) is 9.16. The van der Waals surface area contributed by atoms with Crippen LogP contribution in [0.25, 0.3) is 11.3 Å². The minimum atomic E-state index is 0.0805. The Labute approximate surface area is 148 Å². The van der Waals surface area contributed by atoms with E-state index in [4.69, 9.17) is 16.7 Å². The lowest BCUT2D eigenvalue weighted by atomic mass is 10.1. The van der Waals surface area contributed by atoms with Gasteiger partial charge in [-0.2, -0.15) is 5.10 Å². The van der Waals surface area contributed by atoms with Gasteiger partial charge in [-0.3, -0.25) is 9.48 Å². The standard InChI is InChI=1S/C19H24ClN3O/c1-3-5-6-7-16-13-22(4-2)19(24)18-12-17(21-23(16)18)14-8-10-15(20)11-9-14/h8-12,16H,3-7,13H2,1-2H3. The number of hydrogen-bond donors (Lipinski definition) is 0. The zero-order valence-corrected chi connectivity index (χ0v) is 15.1. The van der Waals surface area contributed by atoms with Crippen LogP contribution in [0.4, 0.5) is 0 Å². The molecule has 128 valence electrons. The Morgan fingerprint density at radius 3 is 2.62 bits per heavy atom. The summed E-state index contributed by atoms with van der Waals surface area (Å²) < 4.78 is 1.95. The first-order chi connectivity index (χ1) is 11.6. The molecule has 0 bridgehead atoms. The third kappa shape index (κ3) is 3.34. The van der Waals surface area contributed by atoms with Crippen LogP contribution in [-0.2, 0) is 0 Å². The number of carbonyl (C=O) groups is 1. The number of carbonyl (C=O) groups excluding carboxylic acids is 1. The fourth-order valence-electron chi connectivity index (χ4n) is 3.29. The van der Waals surface area contributed by atoms with Gasteiger partial charge in [-0.15, -0.1) is 0 Å². The molecular formula is C19H24ClN3O. The van der Waals surface area contributed by atoms with Crippen molar-refractivity contribution < 1.29 is 4.79 Å². The van der Waals surface area contributed by atoms with Crippen LogP contribution < -0.4 is 0 Å². The first kappa shape index (κ1) is 17.0. The van der Waals surface area contributed by atoms with E-state index in [-0.39, 0.29) is 11.9 Å². The van der Waals surface area contributed by atoms with Gasteiger partial charge in [-0.1, -0.05) is 49.9 Å². The van der Waals surface area contributed by atoms with Gasteiger partial charge in [-0.05, 0) is 31.5 Å². The van der Waals surface area contributed by atoms with Crippen LogP contribution in [0.3, 0.4) is 0 Å². The molecule has 5 heteroatoms. The van der Waals surface area contributed by atoms with E-state index in [0.717, 1.165) is 30.8 Å². The van der Waals surface area contributed by atoms with Crippen LogP contribution in [0, 0.1) is 0 Å². The smallest absolute Gasteiger partial charge is 0.272 e. The number of aromatic nitrogens is 2. The molecule has 0 saturated heterocycles. The van der Waals surface area contributed by atoms with Crippen LogP contribution in [0.15, 0.2) is 30.3 Å². The molecular weight excluding hydrogens is 322 g/mol. The highest BCUT2D eigenvalue weighted by Crippen LogP contribution is 2.29. The Kier molecular flexibility index (Phi) is 5.24. The monoisotopic (exact) mass is 345 g/mol. The highest BCUT2D eigenvalue weighted by molar-refractivity contribution is 6.30. The van der Waals surface area contributed by atoms with Gasteiger partial charge in [0.1, 0.15) is 5.69 Å². The molecule has 1 aromatic carbocycles. The predicted molar refractivity (Wildman–Crippen MR) is 97.4 cm³/mol. The van der Waals surface area contributed by atoms with E-state index < -0.39 is 0 Å². The molecule has 0 spiro atoms. The third-order valence-corrected chi connectivity index (χ3v) is 4.93. The quantitative estimate of drug-likeness (QED) is 0.705. The van der Waals surface area contributed by atoms with Crippen molar-refractivity contribution in [3.05, 3.63) is 41.0 Å². The number of benzene rings is 1. The number of rotatable bonds is 6. The fourth-order valence-corrected chi connectivity index (χ4v) is 3.41. The van der Waals surface area contributed by atoms with Gasteiger partial charge >= 0.3 is 0 Å². The summed E-state index contributed by atoms with van der Waals surface area (Å²) in [7, 11) is 0. The zero-order chi connectivity index (χ0) is 17.1. The molecule has 0 fully saturated rings. The Morgan fingerprint density at radius 2 is 1.96 bits per heavy atom. The zero-order valence-electron chi connectivity index (χ0n) is 14.3. The Bertz CT molecular complexity index is 708. The van der Waals surface area contributed by atoms with E-state index in [9.17, 15) is 4.79 Å². The van der Waals surface area contributed by atoms with Crippen molar-refractivity contribution in [1.82, 2.24) is 14.7 Å². The van der Waals surface area contributed by atoms with Gasteiger partial charge < -0.3 is 4.90 Å². The lowest BCUT2D eigenvalue weighted by Gasteiger charge is -2.32. The molecule has 1 amide bonds. The molecule has 2 heterocycles. The summed E-state index contributed by atoms with van der Waals surface area (Å²) in [5.74, 6) is 0.0805. The van der Waals surface area contributed by atoms with Crippen molar-refractivity contribution in [2.75, 3.05) is 13.1 Å². The minimum absolute atomic E-state index is 0.0805. The topological polar surface area (TPSA) is 38.1 Å². The molecule has 1 atom stereocenters. The van der Waals surface area contributed by atoms with Crippen LogP contribution in [-0.4, -0.2) is 33.7 Å².